The fourth-order valence-corrected chi connectivity index (χ4v) is 3.97. The number of rotatable bonds is 5. The van der Waals surface area contributed by atoms with Crippen molar-refractivity contribution in [3.8, 4) is 22.6 Å². The molecule has 0 fully saturated rings. The quantitative estimate of drug-likeness (QED) is 0.536. The number of ether oxygens (including phenoxy) is 2. The number of hydrogen-bond acceptors (Lipinski definition) is 7. The Bertz CT molecular complexity index is 1170. The van der Waals surface area contributed by atoms with Crippen molar-refractivity contribution in [3.05, 3.63) is 41.5 Å². The number of fused-ring (bicyclic) bond motifs is 1. The molecule has 3 rings (SSSR count). The van der Waals surface area contributed by atoms with Crippen molar-refractivity contribution in [2.75, 3.05) is 6.61 Å². The highest BCUT2D eigenvalue weighted by Crippen LogP contribution is 2.48. The molecule has 0 radical (unpaired) electrons. The van der Waals surface area contributed by atoms with E-state index in [2.05, 4.69) is 8.92 Å². The number of hydrogen-bond donors (Lipinski definition) is 1. The molecule has 1 amide bonds. The highest BCUT2D eigenvalue weighted by atomic mass is 32.2. The van der Waals surface area contributed by atoms with Gasteiger partial charge in [-0.1, -0.05) is 13.8 Å². The lowest BCUT2D eigenvalue weighted by Gasteiger charge is -2.19. The first-order valence-electron chi connectivity index (χ1n) is 8.64. The van der Waals surface area contributed by atoms with Crippen LogP contribution in [-0.2, 0) is 19.7 Å². The first-order chi connectivity index (χ1) is 14.2. The van der Waals surface area contributed by atoms with Crippen LogP contribution in [0, 0.1) is 0 Å². The molecule has 0 saturated heterocycles. The molecule has 0 atom stereocenters. The summed E-state index contributed by atoms with van der Waals surface area (Å²) in [4.78, 5) is 21.7. The number of carbonyl (C=O) groups excluding carboxylic acids is 2. The van der Waals surface area contributed by atoms with Gasteiger partial charge in [0, 0.05) is 27.7 Å². The molecule has 0 unspecified atom stereocenters. The number of carbonyl (C=O) groups is 2. The molecule has 12 heteroatoms. The van der Waals surface area contributed by atoms with Crippen molar-refractivity contribution < 1.29 is 44.8 Å². The number of benzene rings is 2. The van der Waals surface area contributed by atoms with Crippen LogP contribution in [0.4, 0.5) is 18.0 Å². The van der Waals surface area contributed by atoms with Crippen LogP contribution in [0.3, 0.4) is 0 Å². The number of nitrogens with two attached hydrogens (primary N) is 1. The Balaban J connectivity index is 2.34. The molecule has 31 heavy (non-hydrogen) atoms. The number of primary amides is 1. The predicted molar refractivity (Wildman–Crippen MR) is 100 cm³/mol. The van der Waals surface area contributed by atoms with Crippen LogP contribution in [0.25, 0.3) is 11.1 Å². The molecular weight excluding hydrogens is 443 g/mol. The van der Waals surface area contributed by atoms with Crippen molar-refractivity contribution in [1.82, 2.24) is 0 Å². The summed E-state index contributed by atoms with van der Waals surface area (Å²) in [7, 11) is -4.69. The van der Waals surface area contributed by atoms with E-state index in [1.807, 2.05) is 0 Å². The smallest absolute Gasteiger partial charge is 0.492 e. The van der Waals surface area contributed by atoms with E-state index in [1.54, 1.807) is 13.8 Å². The van der Waals surface area contributed by atoms with Gasteiger partial charge in [0.1, 0.15) is 22.7 Å². The fraction of sp³-hybridized carbons (Fsp3) is 0.263. The van der Waals surface area contributed by atoms with E-state index < -0.39 is 38.6 Å². The first-order valence-corrected chi connectivity index (χ1v) is 10.0. The lowest BCUT2D eigenvalue weighted by molar-refractivity contribution is -0.274. The molecule has 8 nitrogen and oxygen atoms in total. The maximum absolute atomic E-state index is 12.9. The SMILES string of the molecule is CC1(C)COc2c(-c3cc(C=O)ccc3OC(F)(F)F)cc(S(=O)(=O)OC(N)=O)cc21. The minimum Gasteiger partial charge on any atom is -0.492 e. The highest BCUT2D eigenvalue weighted by molar-refractivity contribution is 7.87. The molecule has 1 aliphatic rings. The van der Waals surface area contributed by atoms with E-state index in [9.17, 15) is 31.2 Å². The van der Waals surface area contributed by atoms with E-state index in [1.165, 1.54) is 6.07 Å². The molecule has 0 bridgehead atoms. The Morgan fingerprint density at radius 1 is 1.19 bits per heavy atom. The average molecular weight is 459 g/mol. The van der Waals surface area contributed by atoms with Crippen LogP contribution in [0.5, 0.6) is 11.5 Å². The van der Waals surface area contributed by atoms with Gasteiger partial charge in [0.15, 0.2) is 0 Å². The number of alkyl halides is 3. The summed E-state index contributed by atoms with van der Waals surface area (Å²) in [5.41, 5.74) is 4.09. The molecule has 166 valence electrons. The zero-order valence-corrected chi connectivity index (χ0v) is 17.0. The lowest BCUT2D eigenvalue weighted by atomic mass is 9.85. The Morgan fingerprint density at radius 3 is 2.45 bits per heavy atom. The maximum atomic E-state index is 12.9. The van der Waals surface area contributed by atoms with Gasteiger partial charge in [0.2, 0.25) is 0 Å². The number of halogens is 3. The average Bonchev–Trinajstić information content (AvgIpc) is 2.94. The van der Waals surface area contributed by atoms with Crippen LogP contribution in [0.15, 0.2) is 35.2 Å². The van der Waals surface area contributed by atoms with Crippen molar-refractivity contribution >= 4 is 22.5 Å². The Morgan fingerprint density at radius 2 is 1.87 bits per heavy atom. The molecule has 2 aromatic carbocycles. The second-order valence-electron chi connectivity index (χ2n) is 7.30. The Labute approximate surface area is 174 Å². The largest absolute Gasteiger partial charge is 0.573 e. The van der Waals surface area contributed by atoms with Crippen LogP contribution >= 0.6 is 0 Å². The summed E-state index contributed by atoms with van der Waals surface area (Å²) in [5, 5.41) is 0. The first kappa shape index (κ1) is 22.4. The van der Waals surface area contributed by atoms with E-state index >= 15 is 0 Å². The Kier molecular flexibility index (Phi) is 5.38. The summed E-state index contributed by atoms with van der Waals surface area (Å²) in [6.45, 7) is 3.55. The molecule has 2 aromatic rings. The van der Waals surface area contributed by atoms with Crippen molar-refractivity contribution in [2.24, 2.45) is 5.73 Å². The molecule has 0 aliphatic carbocycles. The molecular formula is C19H16F3NO7S. The minimum atomic E-state index is -5.06. The van der Waals surface area contributed by atoms with Gasteiger partial charge in [0.25, 0.3) is 0 Å². The monoisotopic (exact) mass is 459 g/mol. The Hall–Kier alpha value is -3.28. The van der Waals surface area contributed by atoms with E-state index in [0.717, 1.165) is 24.3 Å². The molecule has 0 aromatic heterocycles. The van der Waals surface area contributed by atoms with Gasteiger partial charge in [-0.05, 0) is 30.3 Å². The number of amides is 1. The zero-order chi connectivity index (χ0) is 23.2. The maximum Gasteiger partial charge on any atom is 0.573 e. The lowest BCUT2D eigenvalue weighted by Crippen LogP contribution is -2.21. The molecule has 0 saturated carbocycles. The minimum absolute atomic E-state index is 0.0113. The second kappa shape index (κ2) is 7.45. The van der Waals surface area contributed by atoms with E-state index in [-0.39, 0.29) is 29.0 Å². The van der Waals surface area contributed by atoms with E-state index in [0.29, 0.717) is 11.8 Å². The van der Waals surface area contributed by atoms with Crippen molar-refractivity contribution in [3.63, 3.8) is 0 Å². The van der Waals surface area contributed by atoms with Crippen LogP contribution in [0.1, 0.15) is 29.8 Å². The predicted octanol–water partition coefficient (Wildman–Crippen LogP) is 3.52. The topological polar surface area (TPSA) is 122 Å². The third-order valence-electron chi connectivity index (χ3n) is 4.50. The van der Waals surface area contributed by atoms with Gasteiger partial charge in [-0.25, -0.2) is 4.79 Å². The van der Waals surface area contributed by atoms with Gasteiger partial charge in [-0.3, -0.25) is 4.79 Å². The van der Waals surface area contributed by atoms with Gasteiger partial charge in [-0.15, -0.1) is 13.2 Å². The fourth-order valence-electron chi connectivity index (χ4n) is 3.14. The van der Waals surface area contributed by atoms with Gasteiger partial charge in [-0.2, -0.15) is 8.42 Å². The summed E-state index contributed by atoms with van der Waals surface area (Å²) in [5.74, 6) is -0.572. The summed E-state index contributed by atoms with van der Waals surface area (Å²) in [6.07, 6.45) is -6.23. The van der Waals surface area contributed by atoms with E-state index in [4.69, 9.17) is 10.5 Å². The van der Waals surface area contributed by atoms with Crippen LogP contribution in [0.2, 0.25) is 0 Å². The second-order valence-corrected chi connectivity index (χ2v) is 8.84. The third-order valence-corrected chi connectivity index (χ3v) is 5.70. The molecule has 1 aliphatic heterocycles. The number of aldehydes is 1. The molecule has 2 N–H and O–H groups in total. The van der Waals surface area contributed by atoms with Crippen LogP contribution in [-0.4, -0.2) is 33.8 Å². The standard InChI is InChI=1S/C19H16F3NO7S/c1-18(2)9-28-16-13(6-11(7-14(16)18)31(26,27)30-17(23)25)12-5-10(8-24)3-4-15(12)29-19(20,21)22/h3-8H,9H2,1-2H3,(H2,23,25). The van der Waals surface area contributed by atoms with Crippen molar-refractivity contribution in [2.45, 2.75) is 30.5 Å². The normalized spacial score (nSPS) is 15.0. The third kappa shape index (κ3) is 4.58. The van der Waals surface area contributed by atoms with Gasteiger partial charge < -0.3 is 19.4 Å². The summed E-state index contributed by atoms with van der Waals surface area (Å²) >= 11 is 0. The van der Waals surface area contributed by atoms with Gasteiger partial charge >= 0.3 is 22.6 Å². The molecule has 0 spiro atoms. The zero-order valence-electron chi connectivity index (χ0n) is 16.1. The van der Waals surface area contributed by atoms with Crippen molar-refractivity contribution in [1.29, 1.82) is 0 Å². The summed E-state index contributed by atoms with van der Waals surface area (Å²) in [6, 6.07) is 5.30. The van der Waals surface area contributed by atoms with Gasteiger partial charge in [0.05, 0.1) is 6.61 Å². The summed E-state index contributed by atoms with van der Waals surface area (Å²) < 4.78 is 77.6. The van der Waals surface area contributed by atoms with Crippen LogP contribution < -0.4 is 15.2 Å². The molecule has 1 heterocycles. The highest BCUT2D eigenvalue weighted by Gasteiger charge is 2.38.